The molecule has 0 aromatic heterocycles. The monoisotopic (exact) mass is 580 g/mol. The van der Waals surface area contributed by atoms with Crippen LogP contribution >= 0.6 is 0 Å². The van der Waals surface area contributed by atoms with E-state index in [4.69, 9.17) is 11.2 Å². The largest absolute Gasteiger partial charge is 0.445 e. The summed E-state index contributed by atoms with van der Waals surface area (Å²) >= 11 is 0. The Morgan fingerprint density at radius 3 is 2.60 bits per heavy atom. The van der Waals surface area contributed by atoms with E-state index in [1.165, 1.54) is 11.1 Å². The van der Waals surface area contributed by atoms with Crippen LogP contribution in [0, 0.1) is 12.3 Å². The van der Waals surface area contributed by atoms with E-state index in [1.807, 2.05) is 30.3 Å². The molecule has 0 saturated carbocycles. The molecule has 11 heteroatoms. The van der Waals surface area contributed by atoms with Gasteiger partial charge in [0.15, 0.2) is 0 Å². The van der Waals surface area contributed by atoms with E-state index >= 15 is 0 Å². The number of piperazine rings is 1. The first kappa shape index (κ1) is 32.5. The fraction of sp³-hybridized carbons (Fsp3) is 0.548. The van der Waals surface area contributed by atoms with Gasteiger partial charge in [0.2, 0.25) is 11.8 Å². The number of carbonyl (C=O) groups is 4. The molecule has 2 aliphatic rings. The van der Waals surface area contributed by atoms with Crippen LogP contribution in [-0.4, -0.2) is 95.3 Å². The number of alkyl carbamates (subject to hydrolysis) is 1. The molecule has 228 valence electrons. The fourth-order valence-corrected chi connectivity index (χ4v) is 5.35. The molecule has 1 aromatic rings. The van der Waals surface area contributed by atoms with Crippen LogP contribution in [0.4, 0.5) is 9.59 Å². The van der Waals surface area contributed by atoms with Gasteiger partial charge in [0.25, 0.3) is 0 Å². The summed E-state index contributed by atoms with van der Waals surface area (Å²) in [6.07, 6.45) is 11.8. The van der Waals surface area contributed by atoms with Crippen LogP contribution in [0.15, 0.2) is 43.0 Å². The minimum absolute atomic E-state index is 0.0706. The Labute approximate surface area is 249 Å². The zero-order valence-corrected chi connectivity index (χ0v) is 24.6. The van der Waals surface area contributed by atoms with Crippen LogP contribution in [0.3, 0.4) is 0 Å². The molecule has 0 spiro atoms. The van der Waals surface area contributed by atoms with Gasteiger partial charge in [0, 0.05) is 19.6 Å². The smallest absolute Gasteiger partial charge is 0.407 e. The van der Waals surface area contributed by atoms with Crippen molar-refractivity contribution in [1.29, 1.82) is 0 Å². The predicted molar refractivity (Wildman–Crippen MR) is 159 cm³/mol. The lowest BCUT2D eigenvalue weighted by Gasteiger charge is -2.55. The molecule has 2 aliphatic heterocycles. The third kappa shape index (κ3) is 8.98. The van der Waals surface area contributed by atoms with Crippen molar-refractivity contribution in [2.24, 2.45) is 0 Å². The van der Waals surface area contributed by atoms with E-state index in [0.29, 0.717) is 25.9 Å². The standard InChI is InChI=1S/C31H44N6O5/c1-4-7-8-9-13-20-34-23-27-36(26(29(34)39)17-14-18-32-31(41)42-21-6-3)28(38)24-35(19-5-2)37(27)30(40)33-22-25-15-11-10-12-16-25/h2,6,10-12,15-16,26-27H,3-4,7-9,13-14,17-24H2,1H3,(H,32,41)(H,33,40)/t26-,27-/m0/s1. The lowest BCUT2D eigenvalue weighted by atomic mass is 10.0. The fourth-order valence-electron chi connectivity index (χ4n) is 5.35. The van der Waals surface area contributed by atoms with Gasteiger partial charge in [-0.3, -0.25) is 9.59 Å². The van der Waals surface area contributed by atoms with Gasteiger partial charge in [0.05, 0.1) is 19.6 Å². The van der Waals surface area contributed by atoms with E-state index < -0.39 is 18.3 Å². The first-order chi connectivity index (χ1) is 20.4. The molecule has 1 aromatic carbocycles. The normalized spacial score (nSPS) is 18.7. The molecule has 5 amide bonds. The molecule has 2 fully saturated rings. The van der Waals surface area contributed by atoms with E-state index in [2.05, 4.69) is 30.1 Å². The minimum atomic E-state index is -0.768. The zero-order valence-electron chi connectivity index (χ0n) is 24.6. The van der Waals surface area contributed by atoms with Gasteiger partial charge in [-0.15, -0.1) is 6.42 Å². The number of fused-ring (bicyclic) bond motifs is 1. The maximum Gasteiger partial charge on any atom is 0.407 e. The number of urea groups is 1. The minimum Gasteiger partial charge on any atom is -0.445 e. The molecule has 2 N–H and O–H groups in total. The van der Waals surface area contributed by atoms with Crippen LogP contribution in [0.1, 0.15) is 57.4 Å². The molecule has 2 heterocycles. The van der Waals surface area contributed by atoms with Crippen molar-refractivity contribution in [2.75, 3.05) is 39.3 Å². The molecule has 42 heavy (non-hydrogen) atoms. The van der Waals surface area contributed by atoms with Crippen molar-refractivity contribution in [2.45, 2.75) is 70.6 Å². The highest BCUT2D eigenvalue weighted by Gasteiger charge is 2.50. The van der Waals surface area contributed by atoms with Gasteiger partial charge in [-0.1, -0.05) is 81.5 Å². The van der Waals surface area contributed by atoms with Crippen LogP contribution in [0.5, 0.6) is 0 Å². The SMILES string of the molecule is C#CCN1CC(=O)N2[C@@H](CCCNC(=O)OCC=C)C(=O)N(CCCCCCC)C[C@@H]2N1C(=O)NCc1ccccc1. The second-order valence-corrected chi connectivity index (χ2v) is 10.5. The molecular formula is C31H44N6O5. The summed E-state index contributed by atoms with van der Waals surface area (Å²) < 4.78 is 4.95. The second-order valence-electron chi connectivity index (χ2n) is 10.5. The number of nitrogens with zero attached hydrogens (tertiary/aromatic N) is 4. The molecule has 0 unspecified atom stereocenters. The number of amides is 5. The maximum absolute atomic E-state index is 13.8. The van der Waals surface area contributed by atoms with Gasteiger partial charge in [-0.2, -0.15) is 5.01 Å². The highest BCUT2D eigenvalue weighted by atomic mass is 16.5. The number of carbonyl (C=O) groups excluding carboxylic acids is 4. The molecule has 0 aliphatic carbocycles. The van der Waals surface area contributed by atoms with Gasteiger partial charge >= 0.3 is 12.1 Å². The third-order valence-corrected chi connectivity index (χ3v) is 7.39. The topological polar surface area (TPSA) is 115 Å². The Morgan fingerprint density at radius 1 is 1.12 bits per heavy atom. The lowest BCUT2D eigenvalue weighted by Crippen LogP contribution is -2.76. The average Bonchev–Trinajstić information content (AvgIpc) is 2.99. The van der Waals surface area contributed by atoms with Crippen molar-refractivity contribution >= 4 is 23.9 Å². The van der Waals surface area contributed by atoms with Crippen molar-refractivity contribution < 1.29 is 23.9 Å². The van der Waals surface area contributed by atoms with E-state index in [9.17, 15) is 19.2 Å². The van der Waals surface area contributed by atoms with Crippen LogP contribution in [-0.2, 0) is 20.9 Å². The van der Waals surface area contributed by atoms with Crippen molar-refractivity contribution in [1.82, 2.24) is 30.5 Å². The summed E-state index contributed by atoms with van der Waals surface area (Å²) in [6, 6.07) is 8.39. The highest BCUT2D eigenvalue weighted by Crippen LogP contribution is 2.28. The number of terminal acetylenes is 1. The van der Waals surface area contributed by atoms with Gasteiger partial charge in [-0.25, -0.2) is 14.6 Å². The van der Waals surface area contributed by atoms with Crippen molar-refractivity contribution in [3.63, 3.8) is 0 Å². The van der Waals surface area contributed by atoms with Gasteiger partial charge in [-0.05, 0) is 24.8 Å². The molecule has 2 atom stereocenters. The molecule has 3 rings (SSSR count). The number of hydrazine groups is 1. The molecule has 11 nitrogen and oxygen atoms in total. The summed E-state index contributed by atoms with van der Waals surface area (Å²) in [6.45, 7) is 7.03. The van der Waals surface area contributed by atoms with E-state index in [1.54, 1.807) is 14.8 Å². The molecular weight excluding hydrogens is 536 g/mol. The highest BCUT2D eigenvalue weighted by molar-refractivity contribution is 5.91. The Hall–Kier alpha value is -4.04. The first-order valence-electron chi connectivity index (χ1n) is 14.8. The molecule has 0 radical (unpaired) electrons. The summed E-state index contributed by atoms with van der Waals surface area (Å²) in [5.74, 6) is 2.16. The van der Waals surface area contributed by atoms with E-state index in [-0.39, 0.29) is 50.6 Å². The van der Waals surface area contributed by atoms with Crippen LogP contribution in [0.2, 0.25) is 0 Å². The summed E-state index contributed by atoms with van der Waals surface area (Å²) in [7, 11) is 0. The Bertz CT molecular complexity index is 1110. The number of ether oxygens (including phenoxy) is 1. The van der Waals surface area contributed by atoms with Gasteiger partial charge < -0.3 is 25.2 Å². The Balaban J connectivity index is 1.80. The van der Waals surface area contributed by atoms with Gasteiger partial charge in [0.1, 0.15) is 18.8 Å². The molecule has 0 bridgehead atoms. The summed E-state index contributed by atoms with van der Waals surface area (Å²) in [5.41, 5.74) is 0.934. The number of hydrogen-bond acceptors (Lipinski definition) is 6. The Kier molecular flexibility index (Phi) is 13.2. The number of nitrogens with one attached hydrogen (secondary N) is 2. The van der Waals surface area contributed by atoms with Crippen LogP contribution < -0.4 is 10.6 Å². The second kappa shape index (κ2) is 17.0. The molecule has 2 saturated heterocycles. The Morgan fingerprint density at radius 2 is 1.88 bits per heavy atom. The number of hydrogen-bond donors (Lipinski definition) is 2. The van der Waals surface area contributed by atoms with Crippen molar-refractivity contribution in [3.8, 4) is 12.3 Å². The lowest BCUT2D eigenvalue weighted by molar-refractivity contribution is -0.189. The number of rotatable bonds is 15. The average molecular weight is 581 g/mol. The summed E-state index contributed by atoms with van der Waals surface area (Å²) in [5, 5.41) is 8.71. The number of unbranched alkanes of at least 4 members (excludes halogenated alkanes) is 4. The third-order valence-electron chi connectivity index (χ3n) is 7.39. The number of benzene rings is 1. The quantitative estimate of drug-likeness (QED) is 0.187. The summed E-state index contributed by atoms with van der Waals surface area (Å²) in [4.78, 5) is 56.1. The first-order valence-corrected chi connectivity index (χ1v) is 14.8. The van der Waals surface area contributed by atoms with Crippen LogP contribution in [0.25, 0.3) is 0 Å². The van der Waals surface area contributed by atoms with Crippen molar-refractivity contribution in [3.05, 3.63) is 48.6 Å². The predicted octanol–water partition coefficient (Wildman–Crippen LogP) is 3.09. The maximum atomic E-state index is 13.8. The van der Waals surface area contributed by atoms with E-state index in [0.717, 1.165) is 37.7 Å². The zero-order chi connectivity index (χ0) is 30.3.